The van der Waals surface area contributed by atoms with Crippen LogP contribution in [0.25, 0.3) is 11.3 Å². The number of aryl methyl sites for hydroxylation is 1. The highest BCUT2D eigenvalue weighted by atomic mass is 32.2. The molecule has 1 saturated heterocycles. The summed E-state index contributed by atoms with van der Waals surface area (Å²) in [6, 6.07) is 18.7. The molecule has 182 valence electrons. The fraction of sp³-hybridized carbons (Fsp3) is 0.407. The average molecular weight is 482 g/mol. The van der Waals surface area contributed by atoms with Gasteiger partial charge in [-0.2, -0.15) is 0 Å². The van der Waals surface area contributed by atoms with Gasteiger partial charge in [0.2, 0.25) is 10.0 Å². The van der Waals surface area contributed by atoms with E-state index in [1.807, 2.05) is 13.0 Å². The minimum Gasteiger partial charge on any atom is -0.496 e. The number of rotatable bonds is 7. The first-order chi connectivity index (χ1) is 16.3. The highest BCUT2D eigenvalue weighted by Gasteiger charge is 2.24. The molecule has 3 aromatic rings. The molecule has 1 fully saturated rings. The summed E-state index contributed by atoms with van der Waals surface area (Å²) in [5, 5.41) is 0. The lowest BCUT2D eigenvalue weighted by molar-refractivity contribution is 0.190. The Hall–Kier alpha value is -2.61. The van der Waals surface area contributed by atoms with Crippen molar-refractivity contribution in [3.63, 3.8) is 0 Å². The van der Waals surface area contributed by atoms with Crippen molar-refractivity contribution in [3.05, 3.63) is 71.4 Å². The highest BCUT2D eigenvalue weighted by molar-refractivity contribution is 7.89. The van der Waals surface area contributed by atoms with Crippen molar-refractivity contribution in [2.24, 2.45) is 0 Å². The Kier molecular flexibility index (Phi) is 7.45. The van der Waals surface area contributed by atoms with Crippen LogP contribution >= 0.6 is 0 Å². The summed E-state index contributed by atoms with van der Waals surface area (Å²) in [4.78, 5) is 6.37. The third-order valence-corrected chi connectivity index (χ3v) is 8.48. The molecule has 1 aliphatic rings. The molecule has 1 aromatic heterocycles. The summed E-state index contributed by atoms with van der Waals surface area (Å²) < 4.78 is 32.5. The van der Waals surface area contributed by atoms with Gasteiger partial charge in [-0.1, -0.05) is 43.2 Å². The Labute approximate surface area is 203 Å². The molecule has 0 aliphatic carbocycles. The second-order valence-corrected chi connectivity index (χ2v) is 11.4. The molecule has 7 heteroatoms. The molecule has 0 unspecified atom stereocenters. The van der Waals surface area contributed by atoms with Gasteiger partial charge in [0.05, 0.1) is 12.0 Å². The summed E-state index contributed by atoms with van der Waals surface area (Å²) >= 11 is 0. The van der Waals surface area contributed by atoms with Crippen molar-refractivity contribution in [1.29, 1.82) is 0 Å². The van der Waals surface area contributed by atoms with E-state index < -0.39 is 10.0 Å². The zero-order valence-corrected chi connectivity index (χ0v) is 21.4. The van der Waals surface area contributed by atoms with Gasteiger partial charge < -0.3 is 9.72 Å². The van der Waals surface area contributed by atoms with E-state index in [0.717, 1.165) is 42.0 Å². The fourth-order valence-electron chi connectivity index (χ4n) is 4.89. The molecule has 2 aromatic carbocycles. The standard InChI is InChI=1S/C27H35N3O3S/c1-20-17-23(34(31,32)29(2)3)18-24(27(20)33-4)25-15-14-22(28-25)19-30-16-10-6-9-13-26(30)21-11-7-5-8-12-21/h5,7-8,11-12,14-15,17-18,26,28H,6,9-10,13,16,19H2,1-4H3/t26-/m1/s1. The van der Waals surface area contributed by atoms with Gasteiger partial charge in [-0.3, -0.25) is 4.90 Å². The maximum atomic E-state index is 12.8. The van der Waals surface area contributed by atoms with Gasteiger partial charge in [-0.05, 0) is 61.7 Å². The van der Waals surface area contributed by atoms with E-state index in [4.69, 9.17) is 4.74 Å². The third-order valence-electron chi connectivity index (χ3n) is 6.69. The Balaban J connectivity index is 1.66. The van der Waals surface area contributed by atoms with Crippen molar-refractivity contribution in [2.75, 3.05) is 27.7 Å². The Morgan fingerprint density at radius 3 is 2.53 bits per heavy atom. The van der Waals surface area contributed by atoms with Crippen molar-refractivity contribution in [1.82, 2.24) is 14.2 Å². The summed E-state index contributed by atoms with van der Waals surface area (Å²) in [6.45, 7) is 3.76. The number of aromatic amines is 1. The van der Waals surface area contributed by atoms with E-state index in [9.17, 15) is 8.42 Å². The quantitative estimate of drug-likeness (QED) is 0.493. The van der Waals surface area contributed by atoms with Crippen LogP contribution in [0.2, 0.25) is 0 Å². The minimum absolute atomic E-state index is 0.263. The molecular formula is C27H35N3O3S. The molecular weight excluding hydrogens is 446 g/mol. The Morgan fingerprint density at radius 2 is 1.82 bits per heavy atom. The van der Waals surface area contributed by atoms with Crippen molar-refractivity contribution in [2.45, 2.75) is 50.1 Å². The number of aromatic nitrogens is 1. The lowest BCUT2D eigenvalue weighted by atomic mass is 10.0. The molecule has 34 heavy (non-hydrogen) atoms. The molecule has 0 spiro atoms. The second kappa shape index (κ2) is 10.3. The predicted octanol–water partition coefficient (Wildman–Crippen LogP) is 5.37. The van der Waals surface area contributed by atoms with E-state index in [-0.39, 0.29) is 4.90 Å². The molecule has 6 nitrogen and oxygen atoms in total. The minimum atomic E-state index is -3.56. The Morgan fingerprint density at radius 1 is 1.06 bits per heavy atom. The first kappa shape index (κ1) is 24.5. The van der Waals surface area contributed by atoms with Crippen LogP contribution in [0.1, 0.15) is 48.5 Å². The van der Waals surface area contributed by atoms with E-state index in [1.54, 1.807) is 33.3 Å². The van der Waals surface area contributed by atoms with Gasteiger partial charge in [0.25, 0.3) is 0 Å². The van der Waals surface area contributed by atoms with Crippen LogP contribution in [0.4, 0.5) is 0 Å². The molecule has 0 radical (unpaired) electrons. The average Bonchev–Trinajstić information content (AvgIpc) is 3.16. The molecule has 0 amide bonds. The van der Waals surface area contributed by atoms with Crippen molar-refractivity contribution >= 4 is 10.0 Å². The number of H-pyrrole nitrogens is 1. The third kappa shape index (κ3) is 5.06. The zero-order valence-electron chi connectivity index (χ0n) is 20.5. The number of nitrogens with one attached hydrogen (secondary N) is 1. The van der Waals surface area contributed by atoms with Crippen LogP contribution in [0, 0.1) is 6.92 Å². The number of nitrogens with zero attached hydrogens (tertiary/aromatic N) is 2. The second-order valence-electron chi connectivity index (χ2n) is 9.25. The summed E-state index contributed by atoms with van der Waals surface area (Å²) in [7, 11) is 1.16. The van der Waals surface area contributed by atoms with Gasteiger partial charge in [0, 0.05) is 43.6 Å². The van der Waals surface area contributed by atoms with Crippen molar-refractivity contribution in [3.8, 4) is 17.0 Å². The van der Waals surface area contributed by atoms with E-state index in [1.165, 1.54) is 29.1 Å². The van der Waals surface area contributed by atoms with Crippen LogP contribution in [0.5, 0.6) is 5.75 Å². The number of ether oxygens (including phenoxy) is 1. The van der Waals surface area contributed by atoms with Crippen LogP contribution < -0.4 is 4.74 Å². The van der Waals surface area contributed by atoms with Crippen LogP contribution in [0.15, 0.2) is 59.5 Å². The number of sulfonamides is 1. The predicted molar refractivity (Wildman–Crippen MR) is 136 cm³/mol. The number of methoxy groups -OCH3 is 1. The molecule has 1 N–H and O–H groups in total. The highest BCUT2D eigenvalue weighted by Crippen LogP contribution is 2.36. The largest absolute Gasteiger partial charge is 0.496 e. The zero-order chi connectivity index (χ0) is 24.3. The number of hydrogen-bond acceptors (Lipinski definition) is 4. The summed E-state index contributed by atoms with van der Waals surface area (Å²) in [5.74, 6) is 0.683. The van der Waals surface area contributed by atoms with Gasteiger partial charge >= 0.3 is 0 Å². The Bertz CT molecular complexity index is 1220. The van der Waals surface area contributed by atoms with E-state index in [2.05, 4.69) is 46.3 Å². The topological polar surface area (TPSA) is 65.6 Å². The number of likely N-dealkylation sites (tertiary alicyclic amines) is 1. The van der Waals surface area contributed by atoms with Crippen LogP contribution in [0.3, 0.4) is 0 Å². The molecule has 1 aliphatic heterocycles. The lowest BCUT2D eigenvalue weighted by Crippen LogP contribution is -2.28. The maximum absolute atomic E-state index is 12.8. The number of hydrogen-bond donors (Lipinski definition) is 1. The lowest BCUT2D eigenvalue weighted by Gasteiger charge is -2.30. The summed E-state index contributed by atoms with van der Waals surface area (Å²) in [6.07, 6.45) is 4.87. The van der Waals surface area contributed by atoms with Crippen molar-refractivity contribution < 1.29 is 13.2 Å². The van der Waals surface area contributed by atoms with Gasteiger partial charge in [-0.25, -0.2) is 12.7 Å². The maximum Gasteiger partial charge on any atom is 0.242 e. The SMILES string of the molecule is COc1c(C)cc(S(=O)(=O)N(C)C)cc1-c1ccc(CN2CCCCC[C@@H]2c2ccccc2)[nH]1. The first-order valence-electron chi connectivity index (χ1n) is 11.9. The van der Waals surface area contributed by atoms with Gasteiger partial charge in [0.1, 0.15) is 5.75 Å². The summed E-state index contributed by atoms with van der Waals surface area (Å²) in [5.41, 5.74) is 4.88. The molecule has 1 atom stereocenters. The number of benzene rings is 2. The van der Waals surface area contributed by atoms with Crippen LogP contribution in [-0.4, -0.2) is 50.4 Å². The van der Waals surface area contributed by atoms with Gasteiger partial charge in [0.15, 0.2) is 0 Å². The monoisotopic (exact) mass is 481 g/mol. The fourth-order valence-corrected chi connectivity index (χ4v) is 5.90. The van der Waals surface area contributed by atoms with E-state index >= 15 is 0 Å². The first-order valence-corrected chi connectivity index (χ1v) is 13.3. The molecule has 2 heterocycles. The molecule has 4 rings (SSSR count). The van der Waals surface area contributed by atoms with Gasteiger partial charge in [-0.15, -0.1) is 0 Å². The molecule has 0 saturated carbocycles. The molecule has 0 bridgehead atoms. The smallest absolute Gasteiger partial charge is 0.242 e. The normalized spacial score (nSPS) is 17.6. The van der Waals surface area contributed by atoms with E-state index in [0.29, 0.717) is 11.8 Å². The van der Waals surface area contributed by atoms with Crippen LogP contribution in [-0.2, 0) is 16.6 Å².